The summed E-state index contributed by atoms with van der Waals surface area (Å²) in [7, 11) is 3.26. The second-order valence-electron chi connectivity index (χ2n) is 3.37. The van der Waals surface area contributed by atoms with E-state index < -0.39 is 0 Å². The van der Waals surface area contributed by atoms with Crippen LogP contribution in [0.15, 0.2) is 12.1 Å². The van der Waals surface area contributed by atoms with Gasteiger partial charge < -0.3 is 19.5 Å². The molecule has 5 nitrogen and oxygen atoms in total. The van der Waals surface area contributed by atoms with Gasteiger partial charge in [-0.2, -0.15) is 0 Å². The topological polar surface area (TPSA) is 56.8 Å². The zero-order chi connectivity index (χ0) is 11.5. The number of fused-ring (bicyclic) bond motifs is 1. The molecule has 0 unspecified atom stereocenters. The highest BCUT2D eigenvalue weighted by molar-refractivity contribution is 5.98. The fraction of sp³-hybridized carbons (Fsp3) is 0.364. The van der Waals surface area contributed by atoms with Crippen LogP contribution in [0.3, 0.4) is 0 Å². The lowest BCUT2D eigenvalue weighted by molar-refractivity contribution is 0.0993. The molecule has 0 saturated heterocycles. The number of carbonyl (C=O) groups excluding carboxylic acids is 1. The van der Waals surface area contributed by atoms with Gasteiger partial charge in [0.05, 0.1) is 13.7 Å². The number of Topliss-reactive ketones (excluding diaryl/α,β-unsaturated/α-hetero) is 1. The van der Waals surface area contributed by atoms with E-state index in [9.17, 15) is 4.79 Å². The molecule has 86 valence electrons. The molecule has 0 aliphatic carbocycles. The smallest absolute Gasteiger partial charge is 0.231 e. The Kier molecular flexibility index (Phi) is 2.96. The Morgan fingerprint density at radius 2 is 2.31 bits per heavy atom. The van der Waals surface area contributed by atoms with Crippen molar-refractivity contribution in [1.82, 2.24) is 5.32 Å². The molecular formula is C11H13NO4. The van der Waals surface area contributed by atoms with Crippen molar-refractivity contribution in [3.8, 4) is 17.2 Å². The first-order valence-electron chi connectivity index (χ1n) is 4.91. The minimum atomic E-state index is -0.0147. The molecule has 5 heteroatoms. The second-order valence-corrected chi connectivity index (χ2v) is 3.37. The summed E-state index contributed by atoms with van der Waals surface area (Å²) < 4.78 is 15.6. The van der Waals surface area contributed by atoms with Crippen LogP contribution in [-0.2, 0) is 0 Å². The van der Waals surface area contributed by atoms with Crippen LogP contribution in [0.1, 0.15) is 10.4 Å². The maximum Gasteiger partial charge on any atom is 0.231 e. The Morgan fingerprint density at radius 1 is 1.50 bits per heavy atom. The van der Waals surface area contributed by atoms with Gasteiger partial charge in [-0.15, -0.1) is 0 Å². The summed E-state index contributed by atoms with van der Waals surface area (Å²) in [4.78, 5) is 11.7. The summed E-state index contributed by atoms with van der Waals surface area (Å²) in [6.07, 6.45) is 0. The van der Waals surface area contributed by atoms with E-state index >= 15 is 0 Å². The molecule has 1 aromatic carbocycles. The van der Waals surface area contributed by atoms with E-state index in [1.807, 2.05) is 0 Å². The molecule has 1 aromatic rings. The van der Waals surface area contributed by atoms with E-state index in [0.29, 0.717) is 22.8 Å². The number of carbonyl (C=O) groups is 1. The number of likely N-dealkylation sites (N-methyl/N-ethyl adjacent to an activating group) is 1. The molecule has 16 heavy (non-hydrogen) atoms. The molecule has 1 aliphatic rings. The highest BCUT2D eigenvalue weighted by Gasteiger charge is 2.21. The molecule has 0 radical (unpaired) electrons. The van der Waals surface area contributed by atoms with E-state index in [0.717, 1.165) is 0 Å². The number of ether oxygens (including phenoxy) is 3. The molecule has 1 aliphatic heterocycles. The summed E-state index contributed by atoms with van der Waals surface area (Å²) in [5.74, 6) is 1.62. The van der Waals surface area contributed by atoms with E-state index in [1.54, 1.807) is 19.2 Å². The van der Waals surface area contributed by atoms with Gasteiger partial charge in [-0.25, -0.2) is 0 Å². The van der Waals surface area contributed by atoms with Crippen molar-refractivity contribution in [2.75, 3.05) is 27.5 Å². The second kappa shape index (κ2) is 4.40. The third-order valence-electron chi connectivity index (χ3n) is 2.32. The quantitative estimate of drug-likeness (QED) is 0.766. The number of nitrogens with one attached hydrogen (secondary N) is 1. The molecule has 0 aromatic heterocycles. The molecule has 0 fully saturated rings. The standard InChI is InChI=1S/C11H13NO4/c1-12-5-8(13)7-3-9(14-2)11-10(4-7)15-6-16-11/h3-4,12H,5-6H2,1-2H3. The Labute approximate surface area is 93.3 Å². The summed E-state index contributed by atoms with van der Waals surface area (Å²) in [5.41, 5.74) is 0.551. The highest BCUT2D eigenvalue weighted by atomic mass is 16.7. The first-order chi connectivity index (χ1) is 7.76. The zero-order valence-electron chi connectivity index (χ0n) is 9.20. The Bertz CT molecular complexity index is 417. The molecular weight excluding hydrogens is 210 g/mol. The van der Waals surface area contributed by atoms with Gasteiger partial charge in [0.25, 0.3) is 0 Å². The fourth-order valence-electron chi connectivity index (χ4n) is 1.55. The van der Waals surface area contributed by atoms with Gasteiger partial charge in [-0.05, 0) is 19.2 Å². The lowest BCUT2D eigenvalue weighted by atomic mass is 10.1. The number of ketones is 1. The Morgan fingerprint density at radius 3 is 3.00 bits per heavy atom. The van der Waals surface area contributed by atoms with Crippen molar-refractivity contribution < 1.29 is 19.0 Å². The molecule has 0 amide bonds. The van der Waals surface area contributed by atoms with Crippen molar-refractivity contribution in [2.24, 2.45) is 0 Å². The summed E-state index contributed by atoms with van der Waals surface area (Å²) in [6, 6.07) is 3.33. The predicted molar refractivity (Wildman–Crippen MR) is 57.4 cm³/mol. The van der Waals surface area contributed by atoms with Crippen LogP contribution in [0.2, 0.25) is 0 Å². The van der Waals surface area contributed by atoms with Gasteiger partial charge in [-0.3, -0.25) is 4.79 Å². The molecule has 0 spiro atoms. The Hall–Kier alpha value is -1.75. The highest BCUT2D eigenvalue weighted by Crippen LogP contribution is 2.41. The molecule has 1 N–H and O–H groups in total. The first-order valence-corrected chi connectivity index (χ1v) is 4.91. The summed E-state index contributed by atoms with van der Waals surface area (Å²) in [5, 5.41) is 2.81. The van der Waals surface area contributed by atoms with Crippen LogP contribution in [-0.4, -0.2) is 33.3 Å². The number of hydrogen-bond donors (Lipinski definition) is 1. The van der Waals surface area contributed by atoms with Gasteiger partial charge in [-0.1, -0.05) is 0 Å². The zero-order valence-corrected chi connectivity index (χ0v) is 9.20. The summed E-state index contributed by atoms with van der Waals surface area (Å²) >= 11 is 0. The van der Waals surface area contributed by atoms with Crippen LogP contribution in [0.4, 0.5) is 0 Å². The van der Waals surface area contributed by atoms with Gasteiger partial charge in [0.1, 0.15) is 0 Å². The minimum absolute atomic E-state index is 0.0147. The molecule has 2 rings (SSSR count). The SMILES string of the molecule is CNCC(=O)c1cc(OC)c2c(c1)OCO2. The summed E-state index contributed by atoms with van der Waals surface area (Å²) in [6.45, 7) is 0.443. The van der Waals surface area contributed by atoms with E-state index in [4.69, 9.17) is 14.2 Å². The maximum absolute atomic E-state index is 11.7. The van der Waals surface area contributed by atoms with Crippen LogP contribution in [0.5, 0.6) is 17.2 Å². The van der Waals surface area contributed by atoms with Gasteiger partial charge >= 0.3 is 0 Å². The Balaban J connectivity index is 2.38. The monoisotopic (exact) mass is 223 g/mol. The average molecular weight is 223 g/mol. The van der Waals surface area contributed by atoms with E-state index in [1.165, 1.54) is 7.11 Å². The predicted octanol–water partition coefficient (Wildman–Crippen LogP) is 0.826. The van der Waals surface area contributed by atoms with Gasteiger partial charge in [0, 0.05) is 5.56 Å². The maximum atomic E-state index is 11.7. The molecule has 0 atom stereocenters. The van der Waals surface area contributed by atoms with Crippen LogP contribution in [0.25, 0.3) is 0 Å². The lowest BCUT2D eigenvalue weighted by Gasteiger charge is -2.07. The normalized spacial score (nSPS) is 12.6. The molecule has 0 bridgehead atoms. The number of benzene rings is 1. The molecule has 1 heterocycles. The van der Waals surface area contributed by atoms with Crippen molar-refractivity contribution >= 4 is 5.78 Å². The van der Waals surface area contributed by atoms with Crippen molar-refractivity contribution in [3.63, 3.8) is 0 Å². The van der Waals surface area contributed by atoms with Crippen molar-refractivity contribution in [3.05, 3.63) is 17.7 Å². The minimum Gasteiger partial charge on any atom is -0.493 e. The van der Waals surface area contributed by atoms with Gasteiger partial charge in [0.15, 0.2) is 17.3 Å². The van der Waals surface area contributed by atoms with Crippen molar-refractivity contribution in [1.29, 1.82) is 0 Å². The van der Waals surface area contributed by atoms with E-state index in [-0.39, 0.29) is 19.1 Å². The number of rotatable bonds is 4. The number of methoxy groups -OCH3 is 1. The largest absolute Gasteiger partial charge is 0.493 e. The number of hydrogen-bond acceptors (Lipinski definition) is 5. The third kappa shape index (κ3) is 1.81. The third-order valence-corrected chi connectivity index (χ3v) is 2.32. The van der Waals surface area contributed by atoms with E-state index in [2.05, 4.69) is 5.32 Å². The first kappa shape index (κ1) is 10.8. The van der Waals surface area contributed by atoms with Gasteiger partial charge in [0.2, 0.25) is 12.5 Å². The van der Waals surface area contributed by atoms with Crippen LogP contribution < -0.4 is 19.5 Å². The lowest BCUT2D eigenvalue weighted by Crippen LogP contribution is -2.18. The average Bonchev–Trinajstić information content (AvgIpc) is 2.75. The van der Waals surface area contributed by atoms with Crippen LogP contribution in [0, 0.1) is 0 Å². The van der Waals surface area contributed by atoms with Crippen LogP contribution >= 0.6 is 0 Å². The van der Waals surface area contributed by atoms with Crippen molar-refractivity contribution in [2.45, 2.75) is 0 Å². The fourth-order valence-corrected chi connectivity index (χ4v) is 1.55. The molecule has 0 saturated carbocycles.